The largest absolute Gasteiger partial charge is 0.447 e. The van der Waals surface area contributed by atoms with Crippen molar-refractivity contribution in [2.24, 2.45) is 0 Å². The topological polar surface area (TPSA) is 71.3 Å². The van der Waals surface area contributed by atoms with Crippen molar-refractivity contribution in [3.8, 4) is 0 Å². The Hall–Kier alpha value is -1.63. The number of hydrogen-bond acceptors (Lipinski definition) is 4. The van der Waals surface area contributed by atoms with E-state index in [1.165, 1.54) is 18.7 Å². The van der Waals surface area contributed by atoms with E-state index in [0.717, 1.165) is 0 Å². The van der Waals surface area contributed by atoms with Gasteiger partial charge in [-0.2, -0.15) is 0 Å². The summed E-state index contributed by atoms with van der Waals surface area (Å²) in [7, 11) is -2.16. The summed E-state index contributed by atoms with van der Waals surface area (Å²) in [6, 6.07) is 13.3. The normalized spacial score (nSPS) is 13.3. The van der Waals surface area contributed by atoms with Gasteiger partial charge in [-0.3, -0.25) is 0 Å². The second kappa shape index (κ2) is 6.21. The van der Waals surface area contributed by atoms with E-state index in [2.05, 4.69) is 10.0 Å². The zero-order valence-corrected chi connectivity index (χ0v) is 12.3. The monoisotopic (exact) mass is 294 g/mol. The Balaban J connectivity index is 1.99. The molecule has 0 saturated carbocycles. The quantitative estimate of drug-likeness (QED) is 0.855. The molecule has 108 valence electrons. The van der Waals surface area contributed by atoms with Gasteiger partial charge in [-0.1, -0.05) is 30.3 Å². The fourth-order valence-corrected chi connectivity index (χ4v) is 2.48. The Kier molecular flexibility index (Phi) is 4.59. The molecule has 0 aliphatic carbocycles. The standard InChI is InChI=1S/C14H18N2O3S/c1-11(12-6-4-3-5-7-12)16-10-13-8-9-14(19-13)20(17,18)15-2/h3-9,11,15-16H,10H2,1-2H3/t11-/m0/s1. The Bertz CT molecular complexity index is 650. The molecule has 0 saturated heterocycles. The third-order valence-electron chi connectivity index (χ3n) is 3.05. The highest BCUT2D eigenvalue weighted by atomic mass is 32.2. The van der Waals surface area contributed by atoms with Gasteiger partial charge in [0.2, 0.25) is 5.09 Å². The van der Waals surface area contributed by atoms with Crippen molar-refractivity contribution in [1.82, 2.24) is 10.0 Å². The van der Waals surface area contributed by atoms with Crippen LogP contribution in [0.2, 0.25) is 0 Å². The van der Waals surface area contributed by atoms with Crippen molar-refractivity contribution in [3.63, 3.8) is 0 Å². The van der Waals surface area contributed by atoms with Crippen LogP contribution in [0.5, 0.6) is 0 Å². The number of nitrogens with one attached hydrogen (secondary N) is 2. The van der Waals surface area contributed by atoms with Gasteiger partial charge in [-0.15, -0.1) is 0 Å². The molecule has 0 fully saturated rings. The second-order valence-electron chi connectivity index (χ2n) is 4.44. The van der Waals surface area contributed by atoms with Gasteiger partial charge in [0.1, 0.15) is 5.76 Å². The lowest BCUT2D eigenvalue weighted by atomic mass is 10.1. The Morgan fingerprint density at radius 2 is 1.85 bits per heavy atom. The van der Waals surface area contributed by atoms with Crippen LogP contribution in [-0.2, 0) is 16.6 Å². The summed E-state index contributed by atoms with van der Waals surface area (Å²) in [6.45, 7) is 2.51. The molecule has 1 heterocycles. The predicted molar refractivity (Wildman–Crippen MR) is 76.7 cm³/mol. The van der Waals surface area contributed by atoms with Gasteiger partial charge in [0.25, 0.3) is 10.0 Å². The molecule has 2 aromatic rings. The van der Waals surface area contributed by atoms with Gasteiger partial charge in [0.15, 0.2) is 0 Å². The van der Waals surface area contributed by atoms with Crippen LogP contribution < -0.4 is 10.0 Å². The molecule has 0 unspecified atom stereocenters. The summed E-state index contributed by atoms with van der Waals surface area (Å²) in [5, 5.41) is 3.22. The molecule has 1 atom stereocenters. The average molecular weight is 294 g/mol. The van der Waals surface area contributed by atoms with E-state index in [1.54, 1.807) is 6.07 Å². The summed E-state index contributed by atoms with van der Waals surface area (Å²) in [5.41, 5.74) is 1.17. The highest BCUT2D eigenvalue weighted by Gasteiger charge is 2.16. The molecule has 5 nitrogen and oxygen atoms in total. The van der Waals surface area contributed by atoms with Gasteiger partial charge in [-0.25, -0.2) is 13.1 Å². The molecule has 1 aromatic heterocycles. The third-order valence-corrected chi connectivity index (χ3v) is 4.34. The maximum Gasteiger partial charge on any atom is 0.273 e. The summed E-state index contributed by atoms with van der Waals surface area (Å²) < 4.78 is 30.6. The minimum Gasteiger partial charge on any atom is -0.447 e. The smallest absolute Gasteiger partial charge is 0.273 e. The van der Waals surface area contributed by atoms with Crippen molar-refractivity contribution < 1.29 is 12.8 Å². The van der Waals surface area contributed by atoms with Crippen LogP contribution in [-0.4, -0.2) is 15.5 Å². The van der Waals surface area contributed by atoms with Crippen molar-refractivity contribution in [2.45, 2.75) is 24.6 Å². The van der Waals surface area contributed by atoms with Crippen LogP contribution in [0, 0.1) is 0 Å². The molecule has 1 aromatic carbocycles. The lowest BCUT2D eigenvalue weighted by Crippen LogP contribution is -2.18. The van der Waals surface area contributed by atoms with E-state index in [9.17, 15) is 8.42 Å². The summed E-state index contributed by atoms with van der Waals surface area (Å²) >= 11 is 0. The van der Waals surface area contributed by atoms with Gasteiger partial charge in [0, 0.05) is 6.04 Å². The number of hydrogen-bond donors (Lipinski definition) is 2. The summed E-state index contributed by atoms with van der Waals surface area (Å²) in [5.74, 6) is 0.585. The molecular weight excluding hydrogens is 276 g/mol. The minimum atomic E-state index is -3.51. The first-order valence-corrected chi connectivity index (χ1v) is 7.82. The molecule has 2 rings (SSSR count). The van der Waals surface area contributed by atoms with Crippen LogP contribution in [0.15, 0.2) is 52.0 Å². The lowest BCUT2D eigenvalue weighted by molar-refractivity contribution is 0.392. The number of rotatable bonds is 6. The number of benzene rings is 1. The molecule has 0 amide bonds. The van der Waals surface area contributed by atoms with Crippen molar-refractivity contribution in [3.05, 3.63) is 53.8 Å². The average Bonchev–Trinajstić information content (AvgIpc) is 2.95. The highest BCUT2D eigenvalue weighted by Crippen LogP contribution is 2.16. The van der Waals surface area contributed by atoms with Crippen LogP contribution in [0.1, 0.15) is 24.3 Å². The van der Waals surface area contributed by atoms with E-state index < -0.39 is 10.0 Å². The molecule has 20 heavy (non-hydrogen) atoms. The van der Waals surface area contributed by atoms with E-state index in [0.29, 0.717) is 12.3 Å². The lowest BCUT2D eigenvalue weighted by Gasteiger charge is -2.12. The van der Waals surface area contributed by atoms with E-state index >= 15 is 0 Å². The molecule has 6 heteroatoms. The van der Waals surface area contributed by atoms with Gasteiger partial charge >= 0.3 is 0 Å². The Morgan fingerprint density at radius 3 is 2.50 bits per heavy atom. The van der Waals surface area contributed by atoms with Crippen LogP contribution >= 0.6 is 0 Å². The molecule has 0 aliphatic rings. The fourth-order valence-electron chi connectivity index (χ4n) is 1.81. The molecule has 0 bridgehead atoms. The maximum absolute atomic E-state index is 11.5. The van der Waals surface area contributed by atoms with Gasteiger partial charge < -0.3 is 9.73 Å². The zero-order chi connectivity index (χ0) is 14.6. The van der Waals surface area contributed by atoms with Crippen LogP contribution in [0.4, 0.5) is 0 Å². The van der Waals surface area contributed by atoms with Crippen molar-refractivity contribution >= 4 is 10.0 Å². The van der Waals surface area contributed by atoms with E-state index in [-0.39, 0.29) is 11.1 Å². The van der Waals surface area contributed by atoms with E-state index in [1.807, 2.05) is 37.3 Å². The first kappa shape index (κ1) is 14.8. The van der Waals surface area contributed by atoms with Gasteiger partial charge in [0.05, 0.1) is 6.54 Å². The van der Waals surface area contributed by atoms with Crippen LogP contribution in [0.25, 0.3) is 0 Å². The molecule has 0 spiro atoms. The second-order valence-corrected chi connectivity index (χ2v) is 6.26. The Morgan fingerprint density at radius 1 is 1.15 bits per heavy atom. The molecule has 2 N–H and O–H groups in total. The SMILES string of the molecule is CNS(=O)(=O)c1ccc(CN[C@@H](C)c2ccccc2)o1. The predicted octanol–water partition coefficient (Wildman–Crippen LogP) is 2.04. The molecule has 0 radical (unpaired) electrons. The summed E-state index contributed by atoms with van der Waals surface area (Å²) in [6.07, 6.45) is 0. The van der Waals surface area contributed by atoms with Crippen LogP contribution in [0.3, 0.4) is 0 Å². The fraction of sp³-hybridized carbons (Fsp3) is 0.286. The molecule has 0 aliphatic heterocycles. The minimum absolute atomic E-state index is 0.0656. The zero-order valence-electron chi connectivity index (χ0n) is 11.5. The maximum atomic E-state index is 11.5. The summed E-state index contributed by atoms with van der Waals surface area (Å²) in [4.78, 5) is 0. The first-order chi connectivity index (χ1) is 9.53. The van der Waals surface area contributed by atoms with E-state index in [4.69, 9.17) is 4.42 Å². The Labute approximate surface area is 119 Å². The van der Waals surface area contributed by atoms with Gasteiger partial charge in [-0.05, 0) is 31.7 Å². The number of furan rings is 1. The van der Waals surface area contributed by atoms with Crippen molar-refractivity contribution in [2.75, 3.05) is 7.05 Å². The molecular formula is C14H18N2O3S. The highest BCUT2D eigenvalue weighted by molar-refractivity contribution is 7.89. The number of sulfonamides is 1. The third kappa shape index (κ3) is 3.47. The van der Waals surface area contributed by atoms with Crippen molar-refractivity contribution in [1.29, 1.82) is 0 Å². The first-order valence-electron chi connectivity index (χ1n) is 6.33.